The molecule has 0 radical (unpaired) electrons. The summed E-state index contributed by atoms with van der Waals surface area (Å²) in [5, 5.41) is 14.5. The van der Waals surface area contributed by atoms with E-state index in [2.05, 4.69) is 10.6 Å². The van der Waals surface area contributed by atoms with Gasteiger partial charge in [-0.3, -0.25) is 4.79 Å². The second-order valence-electron chi connectivity index (χ2n) is 4.20. The van der Waals surface area contributed by atoms with E-state index in [4.69, 9.17) is 10.00 Å². The fourth-order valence-electron chi connectivity index (χ4n) is 1.58. The fraction of sp³-hybridized carbons (Fsp3) is 0.429. The maximum Gasteiger partial charge on any atom is 0.221 e. The van der Waals surface area contributed by atoms with Gasteiger partial charge in [0.15, 0.2) is 0 Å². The molecule has 6 heteroatoms. The number of carbonyl (C=O) groups is 1. The Hall–Kier alpha value is -1.97. The highest BCUT2D eigenvalue weighted by Crippen LogP contribution is 2.09. The molecule has 20 heavy (non-hydrogen) atoms. The van der Waals surface area contributed by atoms with Gasteiger partial charge in [0.05, 0.1) is 12.2 Å². The van der Waals surface area contributed by atoms with E-state index in [1.165, 1.54) is 12.1 Å². The maximum atomic E-state index is 13.1. The third-order valence-corrected chi connectivity index (χ3v) is 2.64. The highest BCUT2D eigenvalue weighted by Gasteiger charge is 2.03. The Labute approximate surface area is 117 Å². The molecule has 0 heterocycles. The van der Waals surface area contributed by atoms with Crippen molar-refractivity contribution >= 4 is 5.91 Å². The minimum absolute atomic E-state index is 0.0293. The van der Waals surface area contributed by atoms with Crippen molar-refractivity contribution in [2.45, 2.75) is 13.0 Å². The van der Waals surface area contributed by atoms with Crippen LogP contribution in [0.25, 0.3) is 0 Å². The lowest BCUT2D eigenvalue weighted by molar-refractivity contribution is -0.121. The molecule has 1 aromatic rings. The summed E-state index contributed by atoms with van der Waals surface area (Å²) in [7, 11) is 1.58. The number of carbonyl (C=O) groups excluding carboxylic acids is 1. The number of halogens is 1. The molecule has 0 atom stereocenters. The third-order valence-electron chi connectivity index (χ3n) is 2.64. The molecular formula is C14H18FN3O2. The molecule has 5 nitrogen and oxygen atoms in total. The smallest absolute Gasteiger partial charge is 0.221 e. The van der Waals surface area contributed by atoms with Gasteiger partial charge in [0, 0.05) is 33.2 Å². The number of nitriles is 1. The minimum Gasteiger partial charge on any atom is -0.383 e. The minimum atomic E-state index is -0.520. The van der Waals surface area contributed by atoms with Crippen LogP contribution >= 0.6 is 0 Å². The summed E-state index contributed by atoms with van der Waals surface area (Å²) >= 11 is 0. The molecule has 0 aliphatic heterocycles. The molecule has 108 valence electrons. The lowest BCUT2D eigenvalue weighted by atomic mass is 10.1. The lowest BCUT2D eigenvalue weighted by Crippen LogP contribution is -2.29. The summed E-state index contributed by atoms with van der Waals surface area (Å²) in [5.41, 5.74) is 0.837. The first-order valence-corrected chi connectivity index (χ1v) is 6.32. The predicted molar refractivity (Wildman–Crippen MR) is 72.3 cm³/mol. The van der Waals surface area contributed by atoms with Crippen molar-refractivity contribution in [3.63, 3.8) is 0 Å². The number of ether oxygens (including phenoxy) is 1. The average molecular weight is 279 g/mol. The van der Waals surface area contributed by atoms with Crippen molar-refractivity contribution in [2.24, 2.45) is 0 Å². The van der Waals surface area contributed by atoms with Crippen molar-refractivity contribution < 1.29 is 13.9 Å². The van der Waals surface area contributed by atoms with Crippen LogP contribution in [0.5, 0.6) is 0 Å². The van der Waals surface area contributed by atoms with E-state index in [1.54, 1.807) is 19.2 Å². The monoisotopic (exact) mass is 279 g/mol. The Morgan fingerprint density at radius 1 is 1.45 bits per heavy atom. The van der Waals surface area contributed by atoms with Gasteiger partial charge in [-0.15, -0.1) is 0 Å². The van der Waals surface area contributed by atoms with E-state index in [-0.39, 0.29) is 11.5 Å². The molecule has 0 spiro atoms. The van der Waals surface area contributed by atoms with Crippen LogP contribution in [0.4, 0.5) is 4.39 Å². The number of benzene rings is 1. The van der Waals surface area contributed by atoms with Gasteiger partial charge in [0.1, 0.15) is 11.9 Å². The average Bonchev–Trinajstić information content (AvgIpc) is 2.45. The van der Waals surface area contributed by atoms with Crippen LogP contribution in [-0.2, 0) is 16.1 Å². The van der Waals surface area contributed by atoms with E-state index in [0.29, 0.717) is 32.7 Å². The Kier molecular flexibility index (Phi) is 7.25. The van der Waals surface area contributed by atoms with Crippen molar-refractivity contribution in [3.8, 4) is 6.07 Å². The zero-order chi connectivity index (χ0) is 14.8. The molecule has 0 aromatic heterocycles. The molecule has 0 fully saturated rings. The number of nitrogens with one attached hydrogen (secondary N) is 2. The van der Waals surface area contributed by atoms with Crippen molar-refractivity contribution in [2.75, 3.05) is 26.8 Å². The highest BCUT2D eigenvalue weighted by molar-refractivity contribution is 5.76. The number of amides is 1. The van der Waals surface area contributed by atoms with Gasteiger partial charge in [-0.1, -0.05) is 6.07 Å². The predicted octanol–water partition coefficient (Wildman–Crippen LogP) is 0.940. The van der Waals surface area contributed by atoms with Crippen LogP contribution in [-0.4, -0.2) is 32.7 Å². The topological polar surface area (TPSA) is 74.2 Å². The molecule has 2 N–H and O–H groups in total. The SMILES string of the molecule is COCCNC(=O)CCNCc1ccc(F)c(C#N)c1. The first-order chi connectivity index (χ1) is 9.67. The largest absolute Gasteiger partial charge is 0.383 e. The highest BCUT2D eigenvalue weighted by atomic mass is 19.1. The molecule has 0 saturated heterocycles. The van der Waals surface area contributed by atoms with Gasteiger partial charge in [0.25, 0.3) is 0 Å². The summed E-state index contributed by atoms with van der Waals surface area (Å²) < 4.78 is 17.9. The first kappa shape index (κ1) is 16.1. The number of nitrogens with zero attached hydrogens (tertiary/aromatic N) is 1. The van der Waals surface area contributed by atoms with Gasteiger partial charge in [-0.05, 0) is 17.7 Å². The van der Waals surface area contributed by atoms with Gasteiger partial charge >= 0.3 is 0 Å². The van der Waals surface area contributed by atoms with E-state index in [1.807, 2.05) is 0 Å². The van der Waals surface area contributed by atoms with Crippen molar-refractivity contribution in [1.82, 2.24) is 10.6 Å². The quantitative estimate of drug-likeness (QED) is 0.695. The Morgan fingerprint density at radius 2 is 2.25 bits per heavy atom. The Morgan fingerprint density at radius 3 is 2.95 bits per heavy atom. The molecule has 0 aliphatic carbocycles. The molecular weight excluding hydrogens is 261 g/mol. The summed E-state index contributed by atoms with van der Waals surface area (Å²) in [4.78, 5) is 11.4. The fourth-order valence-corrected chi connectivity index (χ4v) is 1.58. The molecule has 1 aromatic carbocycles. The van der Waals surface area contributed by atoms with E-state index < -0.39 is 5.82 Å². The van der Waals surface area contributed by atoms with E-state index >= 15 is 0 Å². The molecule has 0 unspecified atom stereocenters. The maximum absolute atomic E-state index is 13.1. The van der Waals surface area contributed by atoms with Gasteiger partial charge < -0.3 is 15.4 Å². The number of hydrogen-bond donors (Lipinski definition) is 2. The van der Waals surface area contributed by atoms with Gasteiger partial charge in [-0.2, -0.15) is 5.26 Å². The molecule has 0 saturated carbocycles. The summed E-state index contributed by atoms with van der Waals surface area (Å²) in [5.74, 6) is -0.569. The van der Waals surface area contributed by atoms with Gasteiger partial charge in [-0.25, -0.2) is 4.39 Å². The standard InChI is InChI=1S/C14H18FN3O2/c1-20-7-6-18-14(19)4-5-17-10-11-2-3-13(15)12(8-11)9-16/h2-3,8,17H,4-7,10H2,1H3,(H,18,19). The van der Waals surface area contributed by atoms with Crippen molar-refractivity contribution in [1.29, 1.82) is 5.26 Å². The molecule has 1 rings (SSSR count). The number of hydrogen-bond acceptors (Lipinski definition) is 4. The van der Waals surface area contributed by atoms with Crippen LogP contribution in [0.3, 0.4) is 0 Å². The second kappa shape index (κ2) is 9.02. The zero-order valence-corrected chi connectivity index (χ0v) is 11.4. The number of methoxy groups -OCH3 is 1. The third kappa shape index (κ3) is 5.78. The second-order valence-corrected chi connectivity index (χ2v) is 4.20. The van der Waals surface area contributed by atoms with E-state index in [0.717, 1.165) is 5.56 Å². The van der Waals surface area contributed by atoms with Gasteiger partial charge in [0.2, 0.25) is 5.91 Å². The van der Waals surface area contributed by atoms with E-state index in [9.17, 15) is 9.18 Å². The lowest BCUT2D eigenvalue weighted by Gasteiger charge is -2.06. The Bertz CT molecular complexity index is 486. The molecule has 1 amide bonds. The molecule has 0 aliphatic rings. The van der Waals surface area contributed by atoms with Crippen LogP contribution in [0.2, 0.25) is 0 Å². The number of rotatable bonds is 8. The first-order valence-electron chi connectivity index (χ1n) is 6.32. The summed E-state index contributed by atoms with van der Waals surface area (Å²) in [6.45, 7) is 1.99. The van der Waals surface area contributed by atoms with Crippen LogP contribution in [0.15, 0.2) is 18.2 Å². The normalized spacial score (nSPS) is 10.1. The van der Waals surface area contributed by atoms with Crippen LogP contribution in [0, 0.1) is 17.1 Å². The Balaban J connectivity index is 2.24. The van der Waals surface area contributed by atoms with Crippen LogP contribution in [0.1, 0.15) is 17.5 Å². The van der Waals surface area contributed by atoms with Crippen LogP contribution < -0.4 is 10.6 Å². The zero-order valence-electron chi connectivity index (χ0n) is 11.4. The summed E-state index contributed by atoms with van der Waals surface area (Å²) in [6, 6.07) is 6.18. The molecule has 0 bridgehead atoms. The van der Waals surface area contributed by atoms with Crippen molar-refractivity contribution in [3.05, 3.63) is 35.1 Å². The summed E-state index contributed by atoms with van der Waals surface area (Å²) in [6.07, 6.45) is 0.357.